The van der Waals surface area contributed by atoms with Crippen molar-refractivity contribution in [1.82, 2.24) is 10.3 Å². The van der Waals surface area contributed by atoms with E-state index in [1.54, 1.807) is 6.20 Å². The zero-order valence-electron chi connectivity index (χ0n) is 10.3. The molecule has 0 fully saturated rings. The van der Waals surface area contributed by atoms with E-state index < -0.39 is 0 Å². The number of benzene rings is 1. The van der Waals surface area contributed by atoms with Crippen LogP contribution in [-0.2, 0) is 13.1 Å². The summed E-state index contributed by atoms with van der Waals surface area (Å²) in [5.41, 5.74) is 2.36. The number of fused-ring (bicyclic) bond motifs is 1. The van der Waals surface area contributed by atoms with Crippen LogP contribution in [0, 0.1) is 0 Å². The monoisotopic (exact) mass is 278 g/mol. The molecule has 0 spiro atoms. The number of ether oxygens (including phenoxy) is 2. The fraction of sp³-hybridized carbons (Fsp3) is 0.214. The van der Waals surface area contributed by atoms with E-state index >= 15 is 0 Å². The van der Waals surface area contributed by atoms with Crippen LogP contribution in [0.25, 0.3) is 0 Å². The Morgan fingerprint density at radius 3 is 2.74 bits per heavy atom. The molecule has 1 aliphatic rings. The van der Waals surface area contributed by atoms with Gasteiger partial charge in [0.1, 0.15) is 0 Å². The Kier molecular flexibility index (Phi) is 4.60. The highest BCUT2D eigenvalue weighted by atomic mass is 35.5. The van der Waals surface area contributed by atoms with Gasteiger partial charge >= 0.3 is 0 Å². The lowest BCUT2D eigenvalue weighted by Gasteiger charge is -2.05. The van der Waals surface area contributed by atoms with Gasteiger partial charge in [0, 0.05) is 25.5 Å². The van der Waals surface area contributed by atoms with Gasteiger partial charge in [-0.15, -0.1) is 12.4 Å². The molecule has 1 aromatic carbocycles. The third kappa shape index (κ3) is 3.36. The molecule has 100 valence electrons. The van der Waals surface area contributed by atoms with Crippen LogP contribution < -0.4 is 14.8 Å². The maximum absolute atomic E-state index is 5.34. The molecule has 0 amide bonds. The Bertz CT molecular complexity index is 534. The molecule has 5 heteroatoms. The van der Waals surface area contributed by atoms with Gasteiger partial charge in [-0.3, -0.25) is 4.98 Å². The third-order valence-electron chi connectivity index (χ3n) is 2.82. The summed E-state index contributed by atoms with van der Waals surface area (Å²) in [4.78, 5) is 4.08. The SMILES string of the molecule is Cl.c1cncc(CNCc2ccc3c(c2)OCO3)c1. The first-order chi connectivity index (χ1) is 8.92. The van der Waals surface area contributed by atoms with Crippen LogP contribution in [0.1, 0.15) is 11.1 Å². The lowest BCUT2D eigenvalue weighted by molar-refractivity contribution is 0.174. The van der Waals surface area contributed by atoms with Gasteiger partial charge in [-0.05, 0) is 29.3 Å². The summed E-state index contributed by atoms with van der Waals surface area (Å²) in [7, 11) is 0. The van der Waals surface area contributed by atoms with Crippen molar-refractivity contribution in [3.63, 3.8) is 0 Å². The molecule has 3 rings (SSSR count). The Morgan fingerprint density at radius 2 is 1.89 bits per heavy atom. The Morgan fingerprint density at radius 1 is 1.05 bits per heavy atom. The topological polar surface area (TPSA) is 43.4 Å². The summed E-state index contributed by atoms with van der Waals surface area (Å²) in [5.74, 6) is 1.65. The molecule has 4 nitrogen and oxygen atoms in total. The first kappa shape index (κ1) is 13.6. The smallest absolute Gasteiger partial charge is 0.231 e. The number of halogens is 1. The highest BCUT2D eigenvalue weighted by Crippen LogP contribution is 2.32. The molecule has 0 saturated heterocycles. The van der Waals surface area contributed by atoms with E-state index in [1.807, 2.05) is 30.5 Å². The predicted molar refractivity (Wildman–Crippen MR) is 74.6 cm³/mol. The van der Waals surface area contributed by atoms with Gasteiger partial charge in [0.15, 0.2) is 11.5 Å². The van der Waals surface area contributed by atoms with Gasteiger partial charge in [-0.25, -0.2) is 0 Å². The molecule has 2 aromatic rings. The molecule has 1 N–H and O–H groups in total. The minimum absolute atomic E-state index is 0. The van der Waals surface area contributed by atoms with Crippen molar-refractivity contribution in [2.24, 2.45) is 0 Å². The molecule has 19 heavy (non-hydrogen) atoms. The van der Waals surface area contributed by atoms with Gasteiger partial charge in [0.2, 0.25) is 6.79 Å². The molecule has 1 aliphatic heterocycles. The predicted octanol–water partition coefficient (Wildman–Crippen LogP) is 2.52. The van der Waals surface area contributed by atoms with Crippen LogP contribution >= 0.6 is 12.4 Å². The highest BCUT2D eigenvalue weighted by molar-refractivity contribution is 5.85. The van der Waals surface area contributed by atoms with Crippen LogP contribution in [-0.4, -0.2) is 11.8 Å². The molecule has 0 saturated carbocycles. The lowest BCUT2D eigenvalue weighted by Crippen LogP contribution is -2.12. The largest absolute Gasteiger partial charge is 0.454 e. The van der Waals surface area contributed by atoms with Crippen LogP contribution in [0.5, 0.6) is 11.5 Å². The summed E-state index contributed by atoms with van der Waals surface area (Å²) in [5, 5.41) is 3.37. The van der Waals surface area contributed by atoms with E-state index in [0.29, 0.717) is 6.79 Å². The van der Waals surface area contributed by atoms with Gasteiger partial charge in [-0.2, -0.15) is 0 Å². The van der Waals surface area contributed by atoms with E-state index in [9.17, 15) is 0 Å². The van der Waals surface area contributed by atoms with Gasteiger partial charge in [-0.1, -0.05) is 12.1 Å². The van der Waals surface area contributed by atoms with E-state index in [0.717, 1.165) is 24.6 Å². The van der Waals surface area contributed by atoms with Crippen molar-refractivity contribution in [2.75, 3.05) is 6.79 Å². The molecule has 0 radical (unpaired) electrons. The number of hydrogen-bond donors (Lipinski definition) is 1. The highest BCUT2D eigenvalue weighted by Gasteiger charge is 2.12. The van der Waals surface area contributed by atoms with Crippen molar-refractivity contribution in [3.8, 4) is 11.5 Å². The lowest BCUT2D eigenvalue weighted by atomic mass is 10.2. The van der Waals surface area contributed by atoms with Crippen molar-refractivity contribution >= 4 is 12.4 Å². The van der Waals surface area contributed by atoms with E-state index in [4.69, 9.17) is 9.47 Å². The summed E-state index contributed by atoms with van der Waals surface area (Å²) < 4.78 is 10.6. The first-order valence-electron chi connectivity index (χ1n) is 5.90. The maximum Gasteiger partial charge on any atom is 0.231 e. The van der Waals surface area contributed by atoms with Crippen molar-refractivity contribution in [1.29, 1.82) is 0 Å². The van der Waals surface area contributed by atoms with Gasteiger partial charge in [0.25, 0.3) is 0 Å². The Labute approximate surface area is 118 Å². The molecule has 0 bridgehead atoms. The second-order valence-corrected chi connectivity index (χ2v) is 4.15. The third-order valence-corrected chi connectivity index (χ3v) is 2.82. The number of rotatable bonds is 4. The second kappa shape index (κ2) is 6.41. The van der Waals surface area contributed by atoms with E-state index in [-0.39, 0.29) is 12.4 Å². The maximum atomic E-state index is 5.34. The number of pyridine rings is 1. The Hall–Kier alpha value is -1.78. The summed E-state index contributed by atoms with van der Waals surface area (Å²) in [6.45, 7) is 1.93. The first-order valence-corrected chi connectivity index (χ1v) is 5.90. The zero-order chi connectivity index (χ0) is 12.2. The minimum atomic E-state index is 0. The molecular weight excluding hydrogens is 264 g/mol. The van der Waals surface area contributed by atoms with Crippen LogP contribution in [0.15, 0.2) is 42.7 Å². The normalized spacial score (nSPS) is 12.0. The summed E-state index contributed by atoms with van der Waals surface area (Å²) in [6, 6.07) is 10.0. The summed E-state index contributed by atoms with van der Waals surface area (Å²) in [6.07, 6.45) is 3.65. The van der Waals surface area contributed by atoms with Crippen LogP contribution in [0.4, 0.5) is 0 Å². The zero-order valence-corrected chi connectivity index (χ0v) is 11.2. The van der Waals surface area contributed by atoms with Crippen molar-refractivity contribution in [2.45, 2.75) is 13.1 Å². The summed E-state index contributed by atoms with van der Waals surface area (Å²) >= 11 is 0. The molecule has 0 atom stereocenters. The molecule has 0 unspecified atom stereocenters. The average Bonchev–Trinajstić information content (AvgIpc) is 2.87. The van der Waals surface area contributed by atoms with E-state index in [1.165, 1.54) is 11.1 Å². The van der Waals surface area contributed by atoms with E-state index in [2.05, 4.69) is 16.4 Å². The van der Waals surface area contributed by atoms with Crippen LogP contribution in [0.3, 0.4) is 0 Å². The molecule has 2 heterocycles. The second-order valence-electron chi connectivity index (χ2n) is 4.15. The number of aromatic nitrogens is 1. The van der Waals surface area contributed by atoms with Crippen molar-refractivity contribution in [3.05, 3.63) is 53.9 Å². The number of nitrogens with zero attached hydrogens (tertiary/aromatic N) is 1. The number of hydrogen-bond acceptors (Lipinski definition) is 4. The molecule has 0 aliphatic carbocycles. The number of nitrogens with one attached hydrogen (secondary N) is 1. The fourth-order valence-corrected chi connectivity index (χ4v) is 1.90. The Balaban J connectivity index is 0.00000133. The molecular formula is C14H15ClN2O2. The minimum Gasteiger partial charge on any atom is -0.454 e. The van der Waals surface area contributed by atoms with Crippen molar-refractivity contribution < 1.29 is 9.47 Å². The van der Waals surface area contributed by atoms with Gasteiger partial charge in [0.05, 0.1) is 0 Å². The standard InChI is InChI=1S/C14H14N2O2.ClH/c1-2-12(8-15-5-1)9-16-7-11-3-4-13-14(6-11)18-10-17-13;/h1-6,8,16H,7,9-10H2;1H. The van der Waals surface area contributed by atoms with Crippen LogP contribution in [0.2, 0.25) is 0 Å². The average molecular weight is 279 g/mol. The fourth-order valence-electron chi connectivity index (χ4n) is 1.90. The van der Waals surface area contributed by atoms with Gasteiger partial charge < -0.3 is 14.8 Å². The quantitative estimate of drug-likeness (QED) is 0.933. The molecule has 1 aromatic heterocycles.